The fourth-order valence-corrected chi connectivity index (χ4v) is 1.87. The zero-order valence-corrected chi connectivity index (χ0v) is 12.3. The van der Waals surface area contributed by atoms with Crippen LogP contribution < -0.4 is 5.32 Å². The third-order valence-electron chi connectivity index (χ3n) is 2.86. The van der Waals surface area contributed by atoms with Crippen molar-refractivity contribution < 1.29 is 14.6 Å². The lowest BCUT2D eigenvalue weighted by molar-refractivity contribution is 0.0657. The van der Waals surface area contributed by atoms with Gasteiger partial charge >= 0.3 is 0 Å². The minimum atomic E-state index is -0.153. The molecule has 0 aliphatic rings. The third kappa shape index (κ3) is 4.47. The van der Waals surface area contributed by atoms with Crippen LogP contribution in [0.2, 0.25) is 0 Å². The van der Waals surface area contributed by atoms with Gasteiger partial charge in [0.15, 0.2) is 0 Å². The van der Waals surface area contributed by atoms with Crippen LogP contribution in [0.3, 0.4) is 0 Å². The Labute approximate surface area is 119 Å². The van der Waals surface area contributed by atoms with Crippen LogP contribution in [0, 0.1) is 6.92 Å². The van der Waals surface area contributed by atoms with Crippen molar-refractivity contribution in [2.75, 3.05) is 45.3 Å². The van der Waals surface area contributed by atoms with Crippen molar-refractivity contribution in [2.24, 2.45) is 0 Å². The van der Waals surface area contributed by atoms with Gasteiger partial charge in [-0.05, 0) is 19.9 Å². The van der Waals surface area contributed by atoms with E-state index in [-0.39, 0.29) is 19.1 Å². The highest BCUT2D eigenvalue weighted by molar-refractivity contribution is 5.99. The number of ether oxygens (including phenoxy) is 1. The fraction of sp³-hybridized carbons (Fsp3) is 0.571. The first-order valence-corrected chi connectivity index (χ1v) is 6.73. The van der Waals surface area contributed by atoms with Gasteiger partial charge in [-0.25, -0.2) is 0 Å². The van der Waals surface area contributed by atoms with Gasteiger partial charge in [0.2, 0.25) is 0 Å². The summed E-state index contributed by atoms with van der Waals surface area (Å²) < 4.78 is 4.99. The van der Waals surface area contributed by atoms with Gasteiger partial charge in [0, 0.05) is 38.6 Å². The van der Waals surface area contributed by atoms with E-state index >= 15 is 0 Å². The van der Waals surface area contributed by atoms with Gasteiger partial charge < -0.3 is 20.1 Å². The standard InChI is InChI=1S/C14H23N3O3/c1-4-15-13-9-11(2)16-10-12(13)14(19)17(5-7-18)6-8-20-3/h9-10,18H,4-8H2,1-3H3,(H,15,16). The molecule has 0 bridgehead atoms. The van der Waals surface area contributed by atoms with Gasteiger partial charge in [-0.2, -0.15) is 0 Å². The minimum Gasteiger partial charge on any atom is -0.395 e. The number of nitrogens with one attached hydrogen (secondary N) is 1. The molecule has 0 radical (unpaired) electrons. The first kappa shape index (κ1) is 16.4. The van der Waals surface area contributed by atoms with Gasteiger partial charge in [-0.1, -0.05) is 0 Å². The van der Waals surface area contributed by atoms with E-state index in [1.165, 1.54) is 0 Å². The molecule has 112 valence electrons. The van der Waals surface area contributed by atoms with Crippen LogP contribution in [0.25, 0.3) is 0 Å². The molecule has 0 atom stereocenters. The Morgan fingerprint density at radius 1 is 1.50 bits per heavy atom. The fourth-order valence-electron chi connectivity index (χ4n) is 1.87. The number of pyridine rings is 1. The van der Waals surface area contributed by atoms with Crippen LogP contribution in [-0.4, -0.2) is 60.9 Å². The van der Waals surface area contributed by atoms with E-state index in [0.717, 1.165) is 17.9 Å². The number of rotatable bonds is 8. The van der Waals surface area contributed by atoms with Gasteiger partial charge in [0.25, 0.3) is 5.91 Å². The van der Waals surface area contributed by atoms with Gasteiger partial charge in [0.1, 0.15) is 0 Å². The van der Waals surface area contributed by atoms with E-state index in [9.17, 15) is 4.79 Å². The molecule has 2 N–H and O–H groups in total. The maximum Gasteiger partial charge on any atom is 0.257 e. The number of aryl methyl sites for hydroxylation is 1. The summed E-state index contributed by atoms with van der Waals surface area (Å²) in [5.41, 5.74) is 2.13. The molecule has 1 heterocycles. The number of methoxy groups -OCH3 is 1. The molecule has 0 aliphatic carbocycles. The number of aromatic nitrogens is 1. The van der Waals surface area contributed by atoms with Crippen LogP contribution in [0.1, 0.15) is 23.0 Å². The zero-order chi connectivity index (χ0) is 15.0. The second kappa shape index (κ2) is 8.50. The lowest BCUT2D eigenvalue weighted by atomic mass is 10.1. The number of nitrogens with zero attached hydrogens (tertiary/aromatic N) is 2. The summed E-state index contributed by atoms with van der Waals surface area (Å²) in [5, 5.41) is 12.3. The van der Waals surface area contributed by atoms with Crippen LogP contribution in [-0.2, 0) is 4.74 Å². The van der Waals surface area contributed by atoms with Gasteiger partial charge in [0.05, 0.1) is 24.5 Å². The Balaban J connectivity index is 2.97. The molecule has 1 aromatic rings. The number of hydrogen-bond donors (Lipinski definition) is 2. The number of aliphatic hydroxyl groups is 1. The average molecular weight is 281 g/mol. The molecule has 1 aromatic heterocycles. The number of carbonyl (C=O) groups is 1. The second-order valence-corrected chi connectivity index (χ2v) is 4.41. The molecule has 1 amide bonds. The van der Waals surface area contributed by atoms with Crippen molar-refractivity contribution in [1.82, 2.24) is 9.88 Å². The number of aliphatic hydroxyl groups excluding tert-OH is 1. The lowest BCUT2D eigenvalue weighted by Crippen LogP contribution is -2.36. The highest BCUT2D eigenvalue weighted by Crippen LogP contribution is 2.17. The summed E-state index contributed by atoms with van der Waals surface area (Å²) in [6, 6.07) is 1.85. The SMILES string of the molecule is CCNc1cc(C)ncc1C(=O)N(CCO)CCOC. The Morgan fingerprint density at radius 3 is 2.85 bits per heavy atom. The summed E-state index contributed by atoms with van der Waals surface area (Å²) in [5.74, 6) is -0.153. The topological polar surface area (TPSA) is 74.7 Å². The maximum absolute atomic E-state index is 12.5. The number of amides is 1. The van der Waals surface area contributed by atoms with E-state index < -0.39 is 0 Å². The van der Waals surface area contributed by atoms with Crippen molar-refractivity contribution >= 4 is 11.6 Å². The van der Waals surface area contributed by atoms with Crippen molar-refractivity contribution in [3.63, 3.8) is 0 Å². The van der Waals surface area contributed by atoms with Crippen molar-refractivity contribution in [3.05, 3.63) is 23.5 Å². The average Bonchev–Trinajstić information content (AvgIpc) is 2.43. The molecule has 6 heteroatoms. The highest BCUT2D eigenvalue weighted by atomic mass is 16.5. The molecular weight excluding hydrogens is 258 g/mol. The van der Waals surface area contributed by atoms with E-state index in [4.69, 9.17) is 9.84 Å². The first-order valence-electron chi connectivity index (χ1n) is 6.73. The van der Waals surface area contributed by atoms with E-state index in [0.29, 0.717) is 18.7 Å². The second-order valence-electron chi connectivity index (χ2n) is 4.41. The molecule has 1 rings (SSSR count). The number of carbonyl (C=O) groups excluding carboxylic acids is 1. The van der Waals surface area contributed by atoms with Crippen LogP contribution >= 0.6 is 0 Å². The Hall–Kier alpha value is -1.66. The largest absolute Gasteiger partial charge is 0.395 e. The summed E-state index contributed by atoms with van der Waals surface area (Å²) in [6.45, 7) is 5.65. The lowest BCUT2D eigenvalue weighted by Gasteiger charge is -2.22. The summed E-state index contributed by atoms with van der Waals surface area (Å²) in [6.07, 6.45) is 1.58. The molecule has 0 unspecified atom stereocenters. The molecule has 6 nitrogen and oxygen atoms in total. The van der Waals surface area contributed by atoms with Gasteiger partial charge in [-0.15, -0.1) is 0 Å². The zero-order valence-electron chi connectivity index (χ0n) is 12.3. The maximum atomic E-state index is 12.5. The summed E-state index contributed by atoms with van der Waals surface area (Å²) in [7, 11) is 1.58. The Morgan fingerprint density at radius 2 is 2.25 bits per heavy atom. The summed E-state index contributed by atoms with van der Waals surface area (Å²) >= 11 is 0. The van der Waals surface area contributed by atoms with Crippen molar-refractivity contribution in [3.8, 4) is 0 Å². The van der Waals surface area contributed by atoms with Crippen LogP contribution in [0.15, 0.2) is 12.3 Å². The van der Waals surface area contributed by atoms with E-state index in [1.54, 1.807) is 18.2 Å². The number of hydrogen-bond acceptors (Lipinski definition) is 5. The normalized spacial score (nSPS) is 10.4. The smallest absolute Gasteiger partial charge is 0.257 e. The Bertz CT molecular complexity index is 438. The number of anilines is 1. The van der Waals surface area contributed by atoms with E-state index in [1.807, 2.05) is 19.9 Å². The third-order valence-corrected chi connectivity index (χ3v) is 2.86. The molecule has 0 fully saturated rings. The predicted octanol–water partition coefficient (Wildman–Crippen LogP) is 0.903. The van der Waals surface area contributed by atoms with Crippen LogP contribution in [0.5, 0.6) is 0 Å². The molecule has 0 aromatic carbocycles. The van der Waals surface area contributed by atoms with Crippen molar-refractivity contribution in [1.29, 1.82) is 0 Å². The monoisotopic (exact) mass is 281 g/mol. The predicted molar refractivity (Wildman–Crippen MR) is 78.0 cm³/mol. The molecule has 20 heavy (non-hydrogen) atoms. The molecule has 0 aliphatic heterocycles. The van der Waals surface area contributed by atoms with Gasteiger partial charge in [-0.3, -0.25) is 9.78 Å². The highest BCUT2D eigenvalue weighted by Gasteiger charge is 2.19. The Kier molecular flexibility index (Phi) is 6.97. The van der Waals surface area contributed by atoms with Crippen LogP contribution in [0.4, 0.5) is 5.69 Å². The summed E-state index contributed by atoms with van der Waals surface area (Å²) in [4.78, 5) is 18.3. The van der Waals surface area contributed by atoms with E-state index in [2.05, 4.69) is 10.3 Å². The minimum absolute atomic E-state index is 0.0781. The molecule has 0 saturated carbocycles. The van der Waals surface area contributed by atoms with Crippen molar-refractivity contribution in [2.45, 2.75) is 13.8 Å². The molecular formula is C14H23N3O3. The molecule has 0 spiro atoms. The molecule has 0 saturated heterocycles. The quantitative estimate of drug-likeness (QED) is 0.740. The first-order chi connectivity index (χ1) is 9.63.